The molecule has 0 aromatic heterocycles. The Morgan fingerprint density at radius 2 is 1.97 bits per heavy atom. The Morgan fingerprint density at radius 1 is 1.17 bits per heavy atom. The van der Waals surface area contributed by atoms with E-state index in [2.05, 4.69) is 22.8 Å². The van der Waals surface area contributed by atoms with Crippen LogP contribution in [0.5, 0.6) is 0 Å². The molecule has 3 nitrogen and oxygen atoms in total. The normalized spacial score (nSPS) is 17.6. The zero-order valence-corrected chi connectivity index (χ0v) is 17.7. The molecule has 29 heavy (non-hydrogen) atoms. The highest BCUT2D eigenvalue weighted by atomic mass is 19.1. The second-order valence-corrected chi connectivity index (χ2v) is 8.27. The van der Waals surface area contributed by atoms with E-state index in [1.54, 1.807) is 19.1 Å². The first-order chi connectivity index (χ1) is 14.0. The Labute approximate surface area is 174 Å². The van der Waals surface area contributed by atoms with E-state index in [1.165, 1.54) is 24.5 Å². The van der Waals surface area contributed by atoms with Crippen molar-refractivity contribution in [2.45, 2.75) is 39.7 Å². The van der Waals surface area contributed by atoms with Crippen molar-refractivity contribution in [3.63, 3.8) is 0 Å². The molecule has 2 aromatic carbocycles. The number of hydrogen-bond acceptors (Lipinski definition) is 3. The molecule has 0 bridgehead atoms. The van der Waals surface area contributed by atoms with Gasteiger partial charge in [0.2, 0.25) is 0 Å². The first-order valence-electron chi connectivity index (χ1n) is 10.8. The SMILES string of the molecule is CCN(Cc1cccc(C(C)=O)c1)CC1CCCN(CCc2cccc(F)c2)C1. The van der Waals surface area contributed by atoms with Gasteiger partial charge in [-0.05, 0) is 74.5 Å². The number of halogens is 1. The maximum Gasteiger partial charge on any atom is 0.159 e. The van der Waals surface area contributed by atoms with Gasteiger partial charge >= 0.3 is 0 Å². The van der Waals surface area contributed by atoms with E-state index in [9.17, 15) is 9.18 Å². The average Bonchev–Trinajstić information content (AvgIpc) is 2.72. The zero-order chi connectivity index (χ0) is 20.6. The molecule has 0 saturated carbocycles. The molecule has 0 aliphatic carbocycles. The minimum absolute atomic E-state index is 0.121. The Morgan fingerprint density at radius 3 is 2.72 bits per heavy atom. The van der Waals surface area contributed by atoms with Crippen LogP contribution in [0.25, 0.3) is 0 Å². The van der Waals surface area contributed by atoms with Crippen LogP contribution in [0.4, 0.5) is 4.39 Å². The molecule has 2 aromatic rings. The molecule has 1 atom stereocenters. The van der Waals surface area contributed by atoms with Crippen LogP contribution in [-0.4, -0.2) is 48.3 Å². The molecule has 0 radical (unpaired) electrons. The van der Waals surface area contributed by atoms with Gasteiger partial charge in [-0.1, -0.05) is 37.3 Å². The molecular weight excluding hydrogens is 363 g/mol. The maximum atomic E-state index is 13.4. The second kappa shape index (κ2) is 10.7. The van der Waals surface area contributed by atoms with E-state index >= 15 is 0 Å². The summed E-state index contributed by atoms with van der Waals surface area (Å²) in [6, 6.07) is 15.0. The minimum Gasteiger partial charge on any atom is -0.303 e. The van der Waals surface area contributed by atoms with Crippen LogP contribution in [0.3, 0.4) is 0 Å². The Kier molecular flexibility index (Phi) is 7.96. The summed E-state index contributed by atoms with van der Waals surface area (Å²) in [5, 5.41) is 0. The summed E-state index contributed by atoms with van der Waals surface area (Å²) < 4.78 is 13.4. The zero-order valence-electron chi connectivity index (χ0n) is 17.7. The molecule has 156 valence electrons. The fourth-order valence-electron chi connectivity index (χ4n) is 4.30. The molecule has 1 heterocycles. The lowest BCUT2D eigenvalue weighted by Gasteiger charge is -2.35. The van der Waals surface area contributed by atoms with Crippen LogP contribution in [0.1, 0.15) is 48.2 Å². The van der Waals surface area contributed by atoms with Gasteiger partial charge in [-0.15, -0.1) is 0 Å². The number of ketones is 1. The van der Waals surface area contributed by atoms with Crippen molar-refractivity contribution in [1.82, 2.24) is 9.80 Å². The highest BCUT2D eigenvalue weighted by molar-refractivity contribution is 5.94. The van der Waals surface area contributed by atoms with Gasteiger partial charge in [0.15, 0.2) is 5.78 Å². The van der Waals surface area contributed by atoms with E-state index in [-0.39, 0.29) is 11.6 Å². The monoisotopic (exact) mass is 396 g/mol. The van der Waals surface area contributed by atoms with Crippen LogP contribution in [-0.2, 0) is 13.0 Å². The lowest BCUT2D eigenvalue weighted by atomic mass is 9.96. The molecule has 4 heteroatoms. The third-order valence-corrected chi connectivity index (χ3v) is 5.91. The van der Waals surface area contributed by atoms with Gasteiger partial charge in [-0.25, -0.2) is 4.39 Å². The molecule has 3 rings (SSSR count). The lowest BCUT2D eigenvalue weighted by Crippen LogP contribution is -2.41. The van der Waals surface area contributed by atoms with Crippen molar-refractivity contribution < 1.29 is 9.18 Å². The Bertz CT molecular complexity index is 807. The Balaban J connectivity index is 1.51. The molecule has 1 aliphatic heterocycles. The van der Waals surface area contributed by atoms with Gasteiger partial charge in [-0.2, -0.15) is 0 Å². The minimum atomic E-state index is -0.147. The van der Waals surface area contributed by atoms with Crippen LogP contribution in [0.15, 0.2) is 48.5 Å². The predicted octanol–water partition coefficient (Wildman–Crippen LogP) is 4.80. The predicted molar refractivity (Wildman–Crippen MR) is 117 cm³/mol. The molecule has 0 amide bonds. The molecule has 1 fully saturated rings. The van der Waals surface area contributed by atoms with Crippen LogP contribution >= 0.6 is 0 Å². The third kappa shape index (κ3) is 6.76. The van der Waals surface area contributed by atoms with E-state index in [0.717, 1.165) is 56.8 Å². The van der Waals surface area contributed by atoms with E-state index in [0.29, 0.717) is 5.92 Å². The number of nitrogens with zero attached hydrogens (tertiary/aromatic N) is 2. The molecular formula is C25H33FN2O. The van der Waals surface area contributed by atoms with Gasteiger partial charge in [0, 0.05) is 31.7 Å². The van der Waals surface area contributed by atoms with Gasteiger partial charge in [0.05, 0.1) is 0 Å². The van der Waals surface area contributed by atoms with Crippen LogP contribution < -0.4 is 0 Å². The number of piperidine rings is 1. The second-order valence-electron chi connectivity index (χ2n) is 8.27. The van der Waals surface area contributed by atoms with Gasteiger partial charge < -0.3 is 4.90 Å². The Hall–Kier alpha value is -2.04. The molecule has 0 N–H and O–H groups in total. The molecule has 0 spiro atoms. The van der Waals surface area contributed by atoms with Gasteiger partial charge in [0.1, 0.15) is 5.82 Å². The number of hydrogen-bond donors (Lipinski definition) is 0. The highest BCUT2D eigenvalue weighted by Gasteiger charge is 2.21. The summed E-state index contributed by atoms with van der Waals surface area (Å²) in [6.45, 7) is 10.0. The number of carbonyl (C=O) groups excluding carboxylic acids is 1. The van der Waals surface area contributed by atoms with E-state index in [4.69, 9.17) is 0 Å². The summed E-state index contributed by atoms with van der Waals surface area (Å²) in [5.41, 5.74) is 3.07. The fraction of sp³-hybridized carbons (Fsp3) is 0.480. The number of rotatable bonds is 9. The first kappa shape index (κ1) is 21.7. The summed E-state index contributed by atoms with van der Waals surface area (Å²) >= 11 is 0. The standard InChI is InChI=1S/C25H33FN2O/c1-3-27(17-22-8-4-10-24(15-22)20(2)29)18-23-9-6-13-28(19-23)14-12-21-7-5-11-25(26)16-21/h4-5,7-8,10-11,15-16,23H,3,6,9,12-14,17-19H2,1-2H3. The van der Waals surface area contributed by atoms with Crippen LogP contribution in [0, 0.1) is 11.7 Å². The van der Waals surface area contributed by atoms with Crippen molar-refractivity contribution in [2.75, 3.05) is 32.7 Å². The average molecular weight is 397 g/mol. The maximum absolute atomic E-state index is 13.4. The third-order valence-electron chi connectivity index (χ3n) is 5.91. The number of likely N-dealkylation sites (tertiary alicyclic amines) is 1. The number of Topliss-reactive ketones (excluding diaryl/α,β-unsaturated/α-hetero) is 1. The number of benzene rings is 2. The van der Waals surface area contributed by atoms with Crippen LogP contribution in [0.2, 0.25) is 0 Å². The fourth-order valence-corrected chi connectivity index (χ4v) is 4.30. The lowest BCUT2D eigenvalue weighted by molar-refractivity contribution is 0.101. The molecule has 1 saturated heterocycles. The summed E-state index contributed by atoms with van der Waals surface area (Å²) in [5.74, 6) is 0.634. The smallest absolute Gasteiger partial charge is 0.159 e. The summed E-state index contributed by atoms with van der Waals surface area (Å²) in [7, 11) is 0. The molecule has 1 unspecified atom stereocenters. The highest BCUT2D eigenvalue weighted by Crippen LogP contribution is 2.20. The largest absolute Gasteiger partial charge is 0.303 e. The van der Waals surface area contributed by atoms with Crippen molar-refractivity contribution in [3.8, 4) is 0 Å². The first-order valence-corrected chi connectivity index (χ1v) is 10.8. The van der Waals surface area contributed by atoms with Gasteiger partial charge in [-0.3, -0.25) is 9.69 Å². The quantitative estimate of drug-likeness (QED) is 0.569. The van der Waals surface area contributed by atoms with Gasteiger partial charge in [0.25, 0.3) is 0 Å². The number of carbonyl (C=O) groups is 1. The summed E-state index contributed by atoms with van der Waals surface area (Å²) in [6.07, 6.45) is 3.39. The van der Waals surface area contributed by atoms with E-state index < -0.39 is 0 Å². The topological polar surface area (TPSA) is 23.6 Å². The van der Waals surface area contributed by atoms with Crippen molar-refractivity contribution >= 4 is 5.78 Å². The van der Waals surface area contributed by atoms with Crippen molar-refractivity contribution in [3.05, 3.63) is 71.0 Å². The summed E-state index contributed by atoms with van der Waals surface area (Å²) in [4.78, 5) is 16.7. The van der Waals surface area contributed by atoms with E-state index in [1.807, 2.05) is 24.3 Å². The van der Waals surface area contributed by atoms with Crippen molar-refractivity contribution in [2.24, 2.45) is 5.92 Å². The van der Waals surface area contributed by atoms with Crippen molar-refractivity contribution in [1.29, 1.82) is 0 Å². The molecule has 1 aliphatic rings.